The van der Waals surface area contributed by atoms with Gasteiger partial charge >= 0.3 is 0 Å². The zero-order valence-electron chi connectivity index (χ0n) is 16.1. The monoisotopic (exact) mass is 435 g/mol. The lowest BCUT2D eigenvalue weighted by Crippen LogP contribution is -2.14. The van der Waals surface area contributed by atoms with Crippen molar-refractivity contribution in [3.8, 4) is 17.1 Å². The van der Waals surface area contributed by atoms with Crippen molar-refractivity contribution >= 4 is 35.0 Å². The highest BCUT2D eigenvalue weighted by Crippen LogP contribution is 2.28. The Hall–Kier alpha value is -3.16. The van der Waals surface area contributed by atoms with E-state index in [1.807, 2.05) is 66.1 Å². The number of carbonyl (C=O) groups excluding carboxylic acids is 1. The van der Waals surface area contributed by atoms with Crippen molar-refractivity contribution < 1.29 is 4.79 Å². The zero-order valence-corrected chi connectivity index (χ0v) is 17.7. The largest absolute Gasteiger partial charge is 0.325 e. The number of aryl methyl sites for hydroxylation is 1. The van der Waals surface area contributed by atoms with Gasteiger partial charge in [-0.3, -0.25) is 14.3 Å². The number of nitrogens with zero attached hydrogens (tertiary/aromatic N) is 4. The van der Waals surface area contributed by atoms with E-state index in [4.69, 9.17) is 11.6 Å². The van der Waals surface area contributed by atoms with Crippen LogP contribution < -0.4 is 5.32 Å². The lowest BCUT2D eigenvalue weighted by atomic mass is 10.2. The number of aromatic nitrogens is 4. The molecule has 30 heavy (non-hydrogen) atoms. The minimum absolute atomic E-state index is 0.148. The van der Waals surface area contributed by atoms with Gasteiger partial charge in [-0.15, -0.1) is 10.2 Å². The number of hydrogen-bond acceptors (Lipinski definition) is 5. The molecular formula is C22H18ClN5OS. The predicted octanol–water partition coefficient (Wildman–Crippen LogP) is 5.02. The van der Waals surface area contributed by atoms with Crippen molar-refractivity contribution in [3.05, 3.63) is 83.6 Å². The quantitative estimate of drug-likeness (QED) is 0.430. The van der Waals surface area contributed by atoms with E-state index in [1.165, 1.54) is 11.8 Å². The predicted molar refractivity (Wildman–Crippen MR) is 120 cm³/mol. The van der Waals surface area contributed by atoms with Crippen LogP contribution in [0.15, 0.2) is 78.2 Å². The molecule has 1 amide bonds. The summed E-state index contributed by atoms with van der Waals surface area (Å²) < 4.78 is 1.93. The van der Waals surface area contributed by atoms with E-state index in [9.17, 15) is 4.79 Å². The Morgan fingerprint density at radius 2 is 1.93 bits per heavy atom. The summed E-state index contributed by atoms with van der Waals surface area (Å²) in [7, 11) is 0. The molecule has 0 aliphatic rings. The van der Waals surface area contributed by atoms with Gasteiger partial charge in [0.25, 0.3) is 0 Å². The van der Waals surface area contributed by atoms with Crippen LogP contribution in [-0.2, 0) is 4.79 Å². The summed E-state index contributed by atoms with van der Waals surface area (Å²) in [6, 6.07) is 19.0. The number of amides is 1. The smallest absolute Gasteiger partial charge is 0.234 e. The topological polar surface area (TPSA) is 72.7 Å². The van der Waals surface area contributed by atoms with Gasteiger partial charge in [0.2, 0.25) is 5.91 Å². The van der Waals surface area contributed by atoms with Crippen molar-refractivity contribution in [1.82, 2.24) is 19.7 Å². The molecule has 0 fully saturated rings. The molecule has 0 unspecified atom stereocenters. The van der Waals surface area contributed by atoms with Gasteiger partial charge in [-0.25, -0.2) is 0 Å². The van der Waals surface area contributed by atoms with Crippen LogP contribution in [0.25, 0.3) is 17.1 Å². The highest BCUT2D eigenvalue weighted by molar-refractivity contribution is 7.99. The maximum absolute atomic E-state index is 12.5. The Balaban J connectivity index is 1.56. The third kappa shape index (κ3) is 4.53. The van der Waals surface area contributed by atoms with Gasteiger partial charge in [-0.2, -0.15) is 0 Å². The van der Waals surface area contributed by atoms with Crippen molar-refractivity contribution in [2.75, 3.05) is 11.1 Å². The van der Waals surface area contributed by atoms with Crippen molar-refractivity contribution in [2.24, 2.45) is 0 Å². The number of anilines is 1. The van der Waals surface area contributed by atoms with Crippen LogP contribution in [0.4, 0.5) is 5.69 Å². The number of pyridine rings is 1. The van der Waals surface area contributed by atoms with Crippen molar-refractivity contribution in [2.45, 2.75) is 12.1 Å². The third-order valence-electron chi connectivity index (χ3n) is 4.36. The fourth-order valence-corrected chi connectivity index (χ4v) is 3.79. The molecule has 4 rings (SSSR count). The molecule has 8 heteroatoms. The molecule has 6 nitrogen and oxygen atoms in total. The average Bonchev–Trinajstić information content (AvgIpc) is 3.20. The lowest BCUT2D eigenvalue weighted by Gasteiger charge is -2.10. The molecule has 0 atom stereocenters. The molecule has 2 aromatic heterocycles. The van der Waals surface area contributed by atoms with Gasteiger partial charge in [-0.05, 0) is 48.9 Å². The SMILES string of the molecule is Cc1ccc(NC(=O)CSc2nnc(-c3cccnc3)n2-c2ccccc2)cc1Cl. The summed E-state index contributed by atoms with van der Waals surface area (Å²) in [6.07, 6.45) is 3.45. The molecule has 150 valence electrons. The molecule has 1 N–H and O–H groups in total. The highest BCUT2D eigenvalue weighted by atomic mass is 35.5. The Morgan fingerprint density at radius 1 is 1.10 bits per heavy atom. The van der Waals surface area contributed by atoms with Gasteiger partial charge in [-0.1, -0.05) is 47.6 Å². The summed E-state index contributed by atoms with van der Waals surface area (Å²) in [5, 5.41) is 12.8. The normalized spacial score (nSPS) is 10.7. The van der Waals surface area contributed by atoms with Crippen molar-refractivity contribution in [1.29, 1.82) is 0 Å². The fourth-order valence-electron chi connectivity index (χ4n) is 2.85. The van der Waals surface area contributed by atoms with Crippen molar-refractivity contribution in [3.63, 3.8) is 0 Å². The number of benzene rings is 2. The second-order valence-corrected chi connectivity index (χ2v) is 7.87. The van der Waals surface area contributed by atoms with Crippen LogP contribution in [0.5, 0.6) is 0 Å². The maximum atomic E-state index is 12.5. The minimum Gasteiger partial charge on any atom is -0.325 e. The molecule has 0 radical (unpaired) electrons. The first kappa shape index (κ1) is 20.1. The van der Waals surface area contributed by atoms with E-state index >= 15 is 0 Å². The van der Waals surface area contributed by atoms with Gasteiger partial charge in [0.1, 0.15) is 0 Å². The van der Waals surface area contributed by atoms with Crippen LogP contribution in [0.2, 0.25) is 5.02 Å². The first-order chi connectivity index (χ1) is 14.6. The number of nitrogens with one attached hydrogen (secondary N) is 1. The number of rotatable bonds is 6. The van der Waals surface area contributed by atoms with Crippen LogP contribution in [0.3, 0.4) is 0 Å². The summed E-state index contributed by atoms with van der Waals surface area (Å²) in [6.45, 7) is 1.92. The minimum atomic E-state index is -0.148. The van der Waals surface area contributed by atoms with Crippen LogP contribution in [0, 0.1) is 6.92 Å². The Labute approximate surface area is 183 Å². The second kappa shape index (κ2) is 9.11. The number of para-hydroxylation sites is 1. The van der Waals surface area contributed by atoms with E-state index in [-0.39, 0.29) is 11.7 Å². The van der Waals surface area contributed by atoms with E-state index in [2.05, 4.69) is 20.5 Å². The Morgan fingerprint density at radius 3 is 2.67 bits per heavy atom. The summed E-state index contributed by atoms with van der Waals surface area (Å²) in [5.41, 5.74) is 3.38. The summed E-state index contributed by atoms with van der Waals surface area (Å²) >= 11 is 7.45. The van der Waals surface area contributed by atoms with Crippen LogP contribution >= 0.6 is 23.4 Å². The average molecular weight is 436 g/mol. The van der Waals surface area contributed by atoms with Crippen LogP contribution in [-0.4, -0.2) is 31.4 Å². The van der Waals surface area contributed by atoms with E-state index in [0.717, 1.165) is 16.8 Å². The number of halogens is 1. The van der Waals surface area contributed by atoms with E-state index < -0.39 is 0 Å². The first-order valence-corrected chi connectivity index (χ1v) is 10.6. The van der Waals surface area contributed by atoms with E-state index in [1.54, 1.807) is 18.5 Å². The Bertz CT molecular complexity index is 1160. The number of hydrogen-bond donors (Lipinski definition) is 1. The molecule has 0 aliphatic carbocycles. The molecule has 2 aromatic carbocycles. The highest BCUT2D eigenvalue weighted by Gasteiger charge is 2.17. The van der Waals surface area contributed by atoms with Crippen LogP contribution in [0.1, 0.15) is 5.56 Å². The van der Waals surface area contributed by atoms with Gasteiger partial charge in [0, 0.05) is 34.4 Å². The molecule has 0 saturated heterocycles. The molecule has 2 heterocycles. The number of thioether (sulfide) groups is 1. The zero-order chi connectivity index (χ0) is 20.9. The fraction of sp³-hybridized carbons (Fsp3) is 0.0909. The standard InChI is InChI=1S/C22H18ClN5OS/c1-15-9-10-17(12-19(15)23)25-20(29)14-30-22-27-26-21(16-6-5-11-24-13-16)28(22)18-7-3-2-4-8-18/h2-13H,14H2,1H3,(H,25,29). The molecule has 0 saturated carbocycles. The molecule has 0 spiro atoms. The van der Waals surface area contributed by atoms with E-state index in [0.29, 0.717) is 21.7 Å². The van der Waals surface area contributed by atoms with Gasteiger partial charge in [0.15, 0.2) is 11.0 Å². The summed E-state index contributed by atoms with van der Waals surface area (Å²) in [4.78, 5) is 16.6. The molecular weight excluding hydrogens is 418 g/mol. The lowest BCUT2D eigenvalue weighted by molar-refractivity contribution is -0.113. The first-order valence-electron chi connectivity index (χ1n) is 9.22. The maximum Gasteiger partial charge on any atom is 0.234 e. The second-order valence-electron chi connectivity index (χ2n) is 6.52. The third-order valence-corrected chi connectivity index (χ3v) is 5.69. The molecule has 0 bridgehead atoms. The molecule has 0 aliphatic heterocycles. The van der Waals surface area contributed by atoms with Gasteiger partial charge < -0.3 is 5.32 Å². The van der Waals surface area contributed by atoms with Gasteiger partial charge in [0.05, 0.1) is 5.75 Å². The Kier molecular flexibility index (Phi) is 6.11. The number of carbonyl (C=O) groups is 1. The summed E-state index contributed by atoms with van der Waals surface area (Å²) in [5.74, 6) is 0.705. The molecule has 4 aromatic rings.